The van der Waals surface area contributed by atoms with Crippen molar-refractivity contribution >= 4 is 23.2 Å². The molecule has 0 radical (unpaired) electrons. The SMILES string of the molecule is O=C(Cc1ccccc1)NC1CCC(NC(=O)c2csc(COc3ccccc3F)n2)CC1. The maximum absolute atomic E-state index is 13.7. The summed E-state index contributed by atoms with van der Waals surface area (Å²) in [6.07, 6.45) is 3.63. The van der Waals surface area contributed by atoms with E-state index in [0.29, 0.717) is 17.1 Å². The van der Waals surface area contributed by atoms with E-state index in [2.05, 4.69) is 15.6 Å². The first-order chi connectivity index (χ1) is 16.1. The van der Waals surface area contributed by atoms with Crippen molar-refractivity contribution in [2.75, 3.05) is 0 Å². The second-order valence-corrected chi connectivity index (χ2v) is 9.04. The average Bonchev–Trinajstić information content (AvgIpc) is 3.30. The molecule has 3 aromatic rings. The molecule has 1 heterocycles. The van der Waals surface area contributed by atoms with Gasteiger partial charge in [0.2, 0.25) is 5.91 Å². The first kappa shape index (κ1) is 22.9. The van der Waals surface area contributed by atoms with E-state index in [1.54, 1.807) is 23.6 Å². The van der Waals surface area contributed by atoms with Crippen molar-refractivity contribution < 1.29 is 18.7 Å². The van der Waals surface area contributed by atoms with Crippen LogP contribution in [0.3, 0.4) is 0 Å². The van der Waals surface area contributed by atoms with Gasteiger partial charge >= 0.3 is 0 Å². The lowest BCUT2D eigenvalue weighted by Crippen LogP contribution is -2.44. The van der Waals surface area contributed by atoms with Crippen LogP contribution in [0.4, 0.5) is 4.39 Å². The zero-order valence-electron chi connectivity index (χ0n) is 18.1. The number of amides is 2. The first-order valence-electron chi connectivity index (χ1n) is 11.0. The fraction of sp³-hybridized carbons (Fsp3) is 0.320. The van der Waals surface area contributed by atoms with Crippen LogP contribution in [-0.4, -0.2) is 28.9 Å². The second kappa shape index (κ2) is 11.0. The third-order valence-corrected chi connectivity index (χ3v) is 6.43. The van der Waals surface area contributed by atoms with Crippen molar-refractivity contribution in [3.63, 3.8) is 0 Å². The lowest BCUT2D eigenvalue weighted by molar-refractivity contribution is -0.121. The Bertz CT molecular complexity index is 1080. The van der Waals surface area contributed by atoms with Gasteiger partial charge in [0.25, 0.3) is 5.91 Å². The zero-order chi connectivity index (χ0) is 23.0. The van der Waals surface area contributed by atoms with Crippen LogP contribution < -0.4 is 15.4 Å². The Labute approximate surface area is 196 Å². The van der Waals surface area contributed by atoms with E-state index >= 15 is 0 Å². The summed E-state index contributed by atoms with van der Waals surface area (Å²) in [5.74, 6) is -0.466. The van der Waals surface area contributed by atoms with E-state index in [-0.39, 0.29) is 36.3 Å². The molecule has 1 fully saturated rings. The molecule has 8 heteroatoms. The predicted molar refractivity (Wildman–Crippen MR) is 125 cm³/mol. The molecule has 1 aliphatic rings. The quantitative estimate of drug-likeness (QED) is 0.519. The molecule has 33 heavy (non-hydrogen) atoms. The normalized spacial score (nSPS) is 17.8. The van der Waals surface area contributed by atoms with E-state index in [9.17, 15) is 14.0 Å². The highest BCUT2D eigenvalue weighted by Gasteiger charge is 2.24. The van der Waals surface area contributed by atoms with E-state index in [0.717, 1.165) is 31.2 Å². The first-order valence-corrected chi connectivity index (χ1v) is 11.9. The largest absolute Gasteiger partial charge is 0.483 e. The zero-order valence-corrected chi connectivity index (χ0v) is 18.9. The van der Waals surface area contributed by atoms with E-state index in [1.807, 2.05) is 30.3 Å². The van der Waals surface area contributed by atoms with Crippen molar-refractivity contribution in [2.45, 2.75) is 50.8 Å². The van der Waals surface area contributed by atoms with Crippen LogP contribution in [-0.2, 0) is 17.8 Å². The summed E-state index contributed by atoms with van der Waals surface area (Å²) in [6, 6.07) is 16.1. The average molecular weight is 468 g/mol. The number of carbonyl (C=O) groups is 2. The van der Waals surface area contributed by atoms with Crippen molar-refractivity contribution in [2.24, 2.45) is 0 Å². The molecule has 0 atom stereocenters. The van der Waals surface area contributed by atoms with Crippen molar-refractivity contribution in [1.82, 2.24) is 15.6 Å². The van der Waals surface area contributed by atoms with Crippen LogP contribution >= 0.6 is 11.3 Å². The lowest BCUT2D eigenvalue weighted by Gasteiger charge is -2.29. The van der Waals surface area contributed by atoms with Gasteiger partial charge < -0.3 is 15.4 Å². The van der Waals surface area contributed by atoms with Crippen LogP contribution in [0.5, 0.6) is 5.75 Å². The van der Waals surface area contributed by atoms with Gasteiger partial charge in [0.15, 0.2) is 11.6 Å². The molecule has 0 spiro atoms. The molecular formula is C25H26FN3O3S. The highest BCUT2D eigenvalue weighted by molar-refractivity contribution is 7.09. The van der Waals surface area contributed by atoms with Gasteiger partial charge in [0, 0.05) is 17.5 Å². The molecule has 0 saturated heterocycles. The van der Waals surface area contributed by atoms with Crippen LogP contribution in [0.2, 0.25) is 0 Å². The minimum atomic E-state index is -0.432. The summed E-state index contributed by atoms with van der Waals surface area (Å²) in [6.45, 7) is 0.104. The van der Waals surface area contributed by atoms with Crippen molar-refractivity contribution in [3.05, 3.63) is 82.1 Å². The third-order valence-electron chi connectivity index (χ3n) is 5.61. The molecule has 1 saturated carbocycles. The van der Waals surface area contributed by atoms with Crippen molar-refractivity contribution in [3.8, 4) is 5.75 Å². The smallest absolute Gasteiger partial charge is 0.270 e. The third kappa shape index (κ3) is 6.61. The Morgan fingerprint density at radius 2 is 1.64 bits per heavy atom. The number of para-hydroxylation sites is 1. The van der Waals surface area contributed by atoms with Gasteiger partial charge in [-0.3, -0.25) is 9.59 Å². The van der Waals surface area contributed by atoms with Gasteiger partial charge in [0.1, 0.15) is 17.3 Å². The number of hydrogen-bond donors (Lipinski definition) is 2. The lowest BCUT2D eigenvalue weighted by atomic mass is 9.91. The molecular weight excluding hydrogens is 441 g/mol. The summed E-state index contributed by atoms with van der Waals surface area (Å²) in [5, 5.41) is 8.43. The van der Waals surface area contributed by atoms with E-state index in [4.69, 9.17) is 4.74 Å². The standard InChI is InChI=1S/C25H26FN3O3S/c26-20-8-4-5-9-22(20)32-15-24-29-21(16-33-24)25(31)28-19-12-10-18(11-13-19)27-23(30)14-17-6-2-1-3-7-17/h1-9,16,18-19H,10-15H2,(H,27,30)(H,28,31). The Kier molecular flexibility index (Phi) is 7.67. The predicted octanol–water partition coefficient (Wildman–Crippen LogP) is 4.26. The van der Waals surface area contributed by atoms with Crippen molar-refractivity contribution in [1.29, 1.82) is 0 Å². The Morgan fingerprint density at radius 3 is 2.36 bits per heavy atom. The molecule has 1 aliphatic carbocycles. The highest BCUT2D eigenvalue weighted by atomic mass is 32.1. The summed E-state index contributed by atoms with van der Waals surface area (Å²) >= 11 is 1.31. The van der Waals surface area contributed by atoms with E-state index in [1.165, 1.54) is 17.4 Å². The fourth-order valence-electron chi connectivity index (χ4n) is 3.88. The molecule has 172 valence electrons. The maximum atomic E-state index is 13.7. The number of ether oxygens (including phenoxy) is 1. The van der Waals surface area contributed by atoms with Gasteiger partial charge in [-0.25, -0.2) is 9.37 Å². The maximum Gasteiger partial charge on any atom is 0.270 e. The van der Waals surface area contributed by atoms with Gasteiger partial charge in [-0.05, 0) is 43.4 Å². The fourth-order valence-corrected chi connectivity index (χ4v) is 4.57. The molecule has 0 aliphatic heterocycles. The summed E-state index contributed by atoms with van der Waals surface area (Å²) in [4.78, 5) is 29.2. The van der Waals surface area contributed by atoms with Gasteiger partial charge in [-0.15, -0.1) is 11.3 Å². The molecule has 0 bridgehead atoms. The number of carbonyl (C=O) groups excluding carboxylic acids is 2. The summed E-state index contributed by atoms with van der Waals surface area (Å²) in [7, 11) is 0. The Morgan fingerprint density at radius 1 is 0.970 bits per heavy atom. The number of hydrogen-bond acceptors (Lipinski definition) is 5. The minimum Gasteiger partial charge on any atom is -0.483 e. The Balaban J connectivity index is 1.19. The molecule has 2 aromatic carbocycles. The summed E-state index contributed by atoms with van der Waals surface area (Å²) in [5.41, 5.74) is 1.34. The monoisotopic (exact) mass is 467 g/mol. The molecule has 2 amide bonds. The minimum absolute atomic E-state index is 0.0290. The molecule has 6 nitrogen and oxygen atoms in total. The number of nitrogens with zero attached hydrogens (tertiary/aromatic N) is 1. The number of benzene rings is 2. The number of thiazole rings is 1. The van der Waals surface area contributed by atoms with E-state index < -0.39 is 5.82 Å². The van der Waals surface area contributed by atoms with Crippen LogP contribution in [0.15, 0.2) is 60.0 Å². The number of halogens is 1. The molecule has 1 aromatic heterocycles. The van der Waals surface area contributed by atoms with Gasteiger partial charge in [-0.1, -0.05) is 42.5 Å². The van der Waals surface area contributed by atoms with Crippen LogP contribution in [0.25, 0.3) is 0 Å². The highest BCUT2D eigenvalue weighted by Crippen LogP contribution is 2.21. The van der Waals surface area contributed by atoms with Gasteiger partial charge in [-0.2, -0.15) is 0 Å². The number of rotatable bonds is 8. The van der Waals surface area contributed by atoms with Gasteiger partial charge in [0.05, 0.1) is 6.42 Å². The van der Waals surface area contributed by atoms with Crippen LogP contribution in [0.1, 0.15) is 46.7 Å². The van der Waals surface area contributed by atoms with Crippen LogP contribution in [0, 0.1) is 5.82 Å². The Hall–Kier alpha value is -3.26. The number of aromatic nitrogens is 1. The number of nitrogens with one attached hydrogen (secondary N) is 2. The molecule has 0 unspecified atom stereocenters. The second-order valence-electron chi connectivity index (χ2n) is 8.10. The molecule has 4 rings (SSSR count). The molecule has 2 N–H and O–H groups in total. The summed E-state index contributed by atoms with van der Waals surface area (Å²) < 4.78 is 19.1. The topological polar surface area (TPSA) is 80.3 Å².